The van der Waals surface area contributed by atoms with Gasteiger partial charge in [-0.1, -0.05) is 17.7 Å². The second-order valence-electron chi connectivity index (χ2n) is 3.63. The molecule has 17 heavy (non-hydrogen) atoms. The monoisotopic (exact) mass is 252 g/mol. The van der Waals surface area contributed by atoms with Crippen LogP contribution in [0, 0.1) is 5.82 Å². The quantitative estimate of drug-likeness (QED) is 0.891. The van der Waals surface area contributed by atoms with Gasteiger partial charge in [-0.2, -0.15) is 0 Å². The number of rotatable bonds is 2. The molecular weight excluding hydrogens is 243 g/mol. The maximum Gasteiger partial charge on any atom is 0.250 e. The highest BCUT2D eigenvalue weighted by Gasteiger charge is 2.08. The molecule has 3 nitrogen and oxygen atoms in total. The van der Waals surface area contributed by atoms with Crippen LogP contribution in [0.3, 0.4) is 0 Å². The van der Waals surface area contributed by atoms with Gasteiger partial charge in [-0.3, -0.25) is 4.79 Å². The van der Waals surface area contributed by atoms with Gasteiger partial charge in [0.15, 0.2) is 0 Å². The Morgan fingerprint density at radius 1 is 1.29 bits per heavy atom. The van der Waals surface area contributed by atoms with Crippen molar-refractivity contribution >= 4 is 17.3 Å². The number of nitrogens with two attached hydrogens (primary N) is 1. The van der Waals surface area contributed by atoms with Crippen molar-refractivity contribution in [3.05, 3.63) is 63.3 Å². The lowest BCUT2D eigenvalue weighted by Gasteiger charge is -2.09. The minimum Gasteiger partial charge on any atom is -0.398 e. The molecule has 0 atom stereocenters. The van der Waals surface area contributed by atoms with E-state index in [1.807, 2.05) is 0 Å². The maximum absolute atomic E-state index is 13.5. The van der Waals surface area contributed by atoms with Gasteiger partial charge in [-0.25, -0.2) is 4.39 Å². The molecule has 0 aliphatic rings. The molecule has 0 saturated heterocycles. The van der Waals surface area contributed by atoms with Crippen LogP contribution in [0.5, 0.6) is 0 Å². The van der Waals surface area contributed by atoms with E-state index in [0.717, 1.165) is 0 Å². The third-order valence-electron chi connectivity index (χ3n) is 2.40. The first-order chi connectivity index (χ1) is 8.08. The Balaban J connectivity index is 2.45. The van der Waals surface area contributed by atoms with Gasteiger partial charge in [0.25, 0.3) is 5.56 Å². The van der Waals surface area contributed by atoms with Gasteiger partial charge in [0.05, 0.1) is 6.54 Å². The molecule has 1 heterocycles. The second kappa shape index (κ2) is 4.59. The van der Waals surface area contributed by atoms with Crippen LogP contribution in [0.4, 0.5) is 10.1 Å². The number of benzene rings is 1. The summed E-state index contributed by atoms with van der Waals surface area (Å²) in [5.74, 6) is -0.438. The first-order valence-electron chi connectivity index (χ1n) is 4.97. The Kier molecular flexibility index (Phi) is 3.15. The summed E-state index contributed by atoms with van der Waals surface area (Å²) in [6.07, 6.45) is 1.46. The molecule has 2 aromatic rings. The maximum atomic E-state index is 13.5. The van der Waals surface area contributed by atoms with Crippen molar-refractivity contribution in [2.45, 2.75) is 6.54 Å². The van der Waals surface area contributed by atoms with E-state index in [4.69, 9.17) is 17.3 Å². The van der Waals surface area contributed by atoms with E-state index >= 15 is 0 Å². The third kappa shape index (κ3) is 2.47. The zero-order valence-electron chi connectivity index (χ0n) is 8.86. The average molecular weight is 253 g/mol. The molecule has 2 rings (SSSR count). The smallest absolute Gasteiger partial charge is 0.250 e. The van der Waals surface area contributed by atoms with Crippen LogP contribution in [0.1, 0.15) is 5.56 Å². The average Bonchev–Trinajstić information content (AvgIpc) is 2.28. The van der Waals surface area contributed by atoms with Gasteiger partial charge in [-0.05, 0) is 18.2 Å². The van der Waals surface area contributed by atoms with Crippen LogP contribution < -0.4 is 11.3 Å². The van der Waals surface area contributed by atoms with E-state index in [1.165, 1.54) is 35.0 Å². The molecule has 2 N–H and O–H groups in total. The van der Waals surface area contributed by atoms with E-state index in [1.54, 1.807) is 6.07 Å². The highest BCUT2D eigenvalue weighted by atomic mass is 35.5. The highest BCUT2D eigenvalue weighted by Crippen LogP contribution is 2.19. The van der Waals surface area contributed by atoms with E-state index in [0.29, 0.717) is 10.7 Å². The van der Waals surface area contributed by atoms with Crippen LogP contribution in [-0.4, -0.2) is 4.57 Å². The van der Waals surface area contributed by atoms with Crippen molar-refractivity contribution in [2.24, 2.45) is 0 Å². The number of hydrogen-bond acceptors (Lipinski definition) is 2. The zero-order chi connectivity index (χ0) is 12.4. The third-order valence-corrected chi connectivity index (χ3v) is 2.75. The molecular formula is C12H10ClFN2O. The number of nitrogen functional groups attached to an aromatic ring is 1. The van der Waals surface area contributed by atoms with Crippen LogP contribution in [0.15, 0.2) is 41.3 Å². The molecule has 5 heteroatoms. The van der Waals surface area contributed by atoms with E-state index in [-0.39, 0.29) is 17.7 Å². The van der Waals surface area contributed by atoms with Crippen molar-refractivity contribution in [1.82, 2.24) is 4.57 Å². The number of aromatic nitrogens is 1. The van der Waals surface area contributed by atoms with Crippen molar-refractivity contribution in [1.29, 1.82) is 0 Å². The number of halogens is 2. The van der Waals surface area contributed by atoms with Crippen LogP contribution in [0.25, 0.3) is 0 Å². The Labute approximate surface area is 102 Å². The zero-order valence-corrected chi connectivity index (χ0v) is 9.62. The van der Waals surface area contributed by atoms with Gasteiger partial charge in [0.1, 0.15) is 5.82 Å². The number of hydrogen-bond donors (Lipinski definition) is 1. The summed E-state index contributed by atoms with van der Waals surface area (Å²) in [5.41, 5.74) is 6.04. The Morgan fingerprint density at radius 2 is 2.06 bits per heavy atom. The molecule has 0 bridgehead atoms. The molecule has 88 valence electrons. The lowest BCUT2D eigenvalue weighted by Crippen LogP contribution is -2.20. The molecule has 1 aromatic heterocycles. The van der Waals surface area contributed by atoms with E-state index in [2.05, 4.69) is 0 Å². The molecule has 0 aliphatic carbocycles. The largest absolute Gasteiger partial charge is 0.398 e. The SMILES string of the molecule is Nc1ccc(=O)n(Cc2c(F)cccc2Cl)c1. The first kappa shape index (κ1) is 11.7. The minimum atomic E-state index is -0.438. The summed E-state index contributed by atoms with van der Waals surface area (Å²) >= 11 is 5.88. The van der Waals surface area contributed by atoms with Gasteiger partial charge in [0.2, 0.25) is 0 Å². The predicted molar refractivity (Wildman–Crippen MR) is 65.6 cm³/mol. The van der Waals surface area contributed by atoms with Gasteiger partial charge < -0.3 is 10.3 Å². The van der Waals surface area contributed by atoms with Crippen molar-refractivity contribution in [2.75, 3.05) is 5.73 Å². The summed E-state index contributed by atoms with van der Waals surface area (Å²) in [7, 11) is 0. The number of anilines is 1. The fraction of sp³-hybridized carbons (Fsp3) is 0.0833. The standard InChI is InChI=1S/C12H10ClFN2O/c13-10-2-1-3-11(14)9(10)7-16-6-8(15)4-5-12(16)17/h1-6H,7,15H2. The van der Waals surface area contributed by atoms with Crippen LogP contribution in [0.2, 0.25) is 5.02 Å². The summed E-state index contributed by atoms with van der Waals surface area (Å²) in [6.45, 7) is 0.0649. The Hall–Kier alpha value is -1.81. The summed E-state index contributed by atoms with van der Waals surface area (Å²) in [6, 6.07) is 7.24. The van der Waals surface area contributed by atoms with Crippen LogP contribution >= 0.6 is 11.6 Å². The topological polar surface area (TPSA) is 48.0 Å². The summed E-state index contributed by atoms with van der Waals surface area (Å²) in [5, 5.41) is 0.291. The normalized spacial score (nSPS) is 10.5. The van der Waals surface area contributed by atoms with Crippen molar-refractivity contribution in [3.63, 3.8) is 0 Å². The van der Waals surface area contributed by atoms with Gasteiger partial charge >= 0.3 is 0 Å². The van der Waals surface area contributed by atoms with Crippen molar-refractivity contribution in [3.8, 4) is 0 Å². The summed E-state index contributed by atoms with van der Waals surface area (Å²) in [4.78, 5) is 11.5. The predicted octanol–water partition coefficient (Wildman–Crippen LogP) is 2.27. The molecule has 1 aromatic carbocycles. The molecule has 0 aliphatic heterocycles. The molecule has 0 saturated carbocycles. The first-order valence-corrected chi connectivity index (χ1v) is 5.34. The molecule has 0 unspecified atom stereocenters. The Morgan fingerprint density at radius 3 is 2.76 bits per heavy atom. The lowest BCUT2D eigenvalue weighted by atomic mass is 10.2. The number of nitrogens with zero attached hydrogens (tertiary/aromatic N) is 1. The van der Waals surface area contributed by atoms with Gasteiger partial charge in [-0.15, -0.1) is 0 Å². The summed E-state index contributed by atoms with van der Waals surface area (Å²) < 4.78 is 14.9. The van der Waals surface area contributed by atoms with Gasteiger partial charge in [0, 0.05) is 28.5 Å². The lowest BCUT2D eigenvalue weighted by molar-refractivity contribution is 0.596. The molecule has 0 fully saturated rings. The Bertz CT molecular complexity index is 589. The van der Waals surface area contributed by atoms with Crippen LogP contribution in [-0.2, 0) is 6.54 Å². The molecule has 0 spiro atoms. The fourth-order valence-electron chi connectivity index (χ4n) is 1.53. The number of pyridine rings is 1. The van der Waals surface area contributed by atoms with E-state index < -0.39 is 5.82 Å². The second-order valence-corrected chi connectivity index (χ2v) is 4.04. The molecule has 0 radical (unpaired) electrons. The molecule has 0 amide bonds. The van der Waals surface area contributed by atoms with Crippen molar-refractivity contribution < 1.29 is 4.39 Å². The fourth-order valence-corrected chi connectivity index (χ4v) is 1.75. The van der Waals surface area contributed by atoms with E-state index in [9.17, 15) is 9.18 Å². The highest BCUT2D eigenvalue weighted by molar-refractivity contribution is 6.31. The minimum absolute atomic E-state index is 0.0649.